The molecule has 132 valence electrons. The highest BCUT2D eigenvalue weighted by Gasteiger charge is 2.28. The lowest BCUT2D eigenvalue weighted by atomic mass is 10.2. The Hall–Kier alpha value is -2.64. The molecule has 1 N–H and O–H groups in total. The number of nitrogens with zero attached hydrogens (tertiary/aromatic N) is 2. The summed E-state index contributed by atoms with van der Waals surface area (Å²) in [5, 5.41) is 12.8. The fourth-order valence-corrected chi connectivity index (χ4v) is 3.39. The summed E-state index contributed by atoms with van der Waals surface area (Å²) < 4.78 is 11.2. The number of hydrogen-bond donors (Lipinski definition) is 1. The van der Waals surface area contributed by atoms with Crippen LogP contribution in [0.25, 0.3) is 0 Å². The molecule has 2 aromatic carbocycles. The Morgan fingerprint density at radius 1 is 1.15 bits per heavy atom. The van der Waals surface area contributed by atoms with Crippen LogP contribution in [0.4, 0.5) is 5.13 Å². The molecule has 1 aromatic heterocycles. The van der Waals surface area contributed by atoms with E-state index in [1.807, 2.05) is 36.4 Å². The van der Waals surface area contributed by atoms with Gasteiger partial charge in [0.15, 0.2) is 11.5 Å². The first-order valence-corrected chi connectivity index (χ1v) is 9.13. The van der Waals surface area contributed by atoms with E-state index in [1.54, 1.807) is 12.1 Å². The van der Waals surface area contributed by atoms with Gasteiger partial charge in [0.1, 0.15) is 11.6 Å². The zero-order chi connectivity index (χ0) is 17.9. The van der Waals surface area contributed by atoms with E-state index in [0.29, 0.717) is 28.1 Å². The predicted octanol–water partition coefficient (Wildman–Crippen LogP) is 3.56. The van der Waals surface area contributed by atoms with Crippen LogP contribution in [-0.2, 0) is 11.2 Å². The van der Waals surface area contributed by atoms with Crippen molar-refractivity contribution in [1.82, 2.24) is 10.2 Å². The topological polar surface area (TPSA) is 73.3 Å². The van der Waals surface area contributed by atoms with Crippen LogP contribution in [0.5, 0.6) is 11.5 Å². The minimum atomic E-state index is -0.728. The second-order valence-corrected chi connectivity index (χ2v) is 7.16. The van der Waals surface area contributed by atoms with Crippen molar-refractivity contribution in [2.75, 3.05) is 11.9 Å². The van der Waals surface area contributed by atoms with Crippen LogP contribution in [0.2, 0.25) is 5.02 Å². The predicted molar refractivity (Wildman–Crippen MR) is 99.1 cm³/mol. The lowest BCUT2D eigenvalue weighted by Gasteiger charge is -2.25. The van der Waals surface area contributed by atoms with Gasteiger partial charge in [-0.3, -0.25) is 10.1 Å². The molecular weight excluding hydrogens is 374 g/mol. The van der Waals surface area contributed by atoms with Crippen LogP contribution in [0, 0.1) is 0 Å². The van der Waals surface area contributed by atoms with E-state index in [4.69, 9.17) is 21.1 Å². The fraction of sp³-hybridized carbons (Fsp3) is 0.167. The summed E-state index contributed by atoms with van der Waals surface area (Å²) in [6.45, 7) is 0.152. The zero-order valence-electron chi connectivity index (χ0n) is 13.5. The molecule has 0 spiro atoms. The molecule has 3 aromatic rings. The third kappa shape index (κ3) is 3.79. The Morgan fingerprint density at radius 3 is 2.73 bits per heavy atom. The number of amides is 1. The number of fused-ring (bicyclic) bond motifs is 1. The summed E-state index contributed by atoms with van der Waals surface area (Å²) >= 11 is 7.21. The Labute approximate surface area is 158 Å². The molecular formula is C18H14ClN3O3S. The van der Waals surface area contributed by atoms with Crippen molar-refractivity contribution in [1.29, 1.82) is 0 Å². The number of ether oxygens (including phenoxy) is 2. The van der Waals surface area contributed by atoms with Gasteiger partial charge in [0.2, 0.25) is 11.2 Å². The molecule has 1 aliphatic heterocycles. The van der Waals surface area contributed by atoms with Crippen molar-refractivity contribution in [3.05, 3.63) is 64.1 Å². The quantitative estimate of drug-likeness (QED) is 0.741. The van der Waals surface area contributed by atoms with Gasteiger partial charge >= 0.3 is 0 Å². The zero-order valence-corrected chi connectivity index (χ0v) is 15.1. The molecule has 6 nitrogen and oxygen atoms in total. The third-order valence-corrected chi connectivity index (χ3v) is 4.86. The maximum absolute atomic E-state index is 12.4. The number of aromatic nitrogens is 2. The summed E-state index contributed by atoms with van der Waals surface area (Å²) in [5.74, 6) is 0.881. The third-order valence-electron chi connectivity index (χ3n) is 3.77. The first-order chi connectivity index (χ1) is 12.7. The smallest absolute Gasteiger partial charge is 0.270 e. The normalized spacial score (nSPS) is 15.5. The standard InChI is InChI=1S/C18H14ClN3O3S/c19-12-7-5-11(6-8-12)9-16-21-22-18(26-16)20-17(23)15-10-24-13-3-1-2-4-14(13)25-15/h1-8,15H,9-10H2,(H,20,22,23)/t15-/m0/s1. The van der Waals surface area contributed by atoms with Crippen LogP contribution in [0.3, 0.4) is 0 Å². The molecule has 0 radical (unpaired) electrons. The minimum absolute atomic E-state index is 0.152. The van der Waals surface area contributed by atoms with Crippen molar-refractivity contribution < 1.29 is 14.3 Å². The van der Waals surface area contributed by atoms with Crippen molar-refractivity contribution in [3.63, 3.8) is 0 Å². The molecule has 26 heavy (non-hydrogen) atoms. The van der Waals surface area contributed by atoms with Crippen molar-refractivity contribution >= 4 is 34.0 Å². The number of halogens is 1. The summed E-state index contributed by atoms with van der Waals surface area (Å²) in [6, 6.07) is 14.8. The van der Waals surface area contributed by atoms with Crippen LogP contribution >= 0.6 is 22.9 Å². The Balaban J connectivity index is 1.38. The van der Waals surface area contributed by atoms with Crippen LogP contribution < -0.4 is 14.8 Å². The second kappa shape index (κ2) is 7.31. The van der Waals surface area contributed by atoms with Crippen LogP contribution in [-0.4, -0.2) is 28.8 Å². The fourth-order valence-electron chi connectivity index (χ4n) is 2.49. The summed E-state index contributed by atoms with van der Waals surface area (Å²) in [4.78, 5) is 12.4. The Bertz CT molecular complexity index is 929. The highest BCUT2D eigenvalue weighted by atomic mass is 35.5. The monoisotopic (exact) mass is 387 g/mol. The maximum atomic E-state index is 12.4. The van der Waals surface area contributed by atoms with Gasteiger partial charge in [0.25, 0.3) is 5.91 Å². The number of nitrogens with one attached hydrogen (secondary N) is 1. The molecule has 0 aliphatic carbocycles. The maximum Gasteiger partial charge on any atom is 0.270 e. The van der Waals surface area contributed by atoms with E-state index in [9.17, 15) is 4.79 Å². The van der Waals surface area contributed by atoms with Crippen molar-refractivity contribution in [2.45, 2.75) is 12.5 Å². The summed E-state index contributed by atoms with van der Waals surface area (Å²) in [7, 11) is 0. The molecule has 1 aliphatic rings. The molecule has 4 rings (SSSR count). The van der Waals surface area contributed by atoms with E-state index in [0.717, 1.165) is 10.6 Å². The van der Waals surface area contributed by atoms with Crippen LogP contribution in [0.15, 0.2) is 48.5 Å². The molecule has 0 saturated carbocycles. The van der Waals surface area contributed by atoms with E-state index >= 15 is 0 Å². The first-order valence-electron chi connectivity index (χ1n) is 7.93. The summed E-state index contributed by atoms with van der Waals surface area (Å²) in [5.41, 5.74) is 1.07. The molecule has 0 saturated heterocycles. The van der Waals surface area contributed by atoms with Gasteiger partial charge in [-0.15, -0.1) is 10.2 Å². The van der Waals surface area contributed by atoms with Crippen molar-refractivity contribution in [3.8, 4) is 11.5 Å². The Morgan fingerprint density at radius 2 is 1.92 bits per heavy atom. The van der Waals surface area contributed by atoms with Gasteiger partial charge in [-0.2, -0.15) is 0 Å². The van der Waals surface area contributed by atoms with Gasteiger partial charge in [-0.25, -0.2) is 0 Å². The van der Waals surface area contributed by atoms with E-state index in [-0.39, 0.29) is 12.5 Å². The molecule has 0 bridgehead atoms. The first kappa shape index (κ1) is 16.8. The average Bonchev–Trinajstić information content (AvgIpc) is 3.10. The lowest BCUT2D eigenvalue weighted by molar-refractivity contribution is -0.125. The van der Waals surface area contributed by atoms with Gasteiger partial charge in [0, 0.05) is 11.4 Å². The van der Waals surface area contributed by atoms with E-state index in [2.05, 4.69) is 15.5 Å². The minimum Gasteiger partial charge on any atom is -0.485 e. The number of hydrogen-bond acceptors (Lipinski definition) is 6. The molecule has 1 atom stereocenters. The Kier molecular flexibility index (Phi) is 4.73. The number of benzene rings is 2. The largest absolute Gasteiger partial charge is 0.485 e. The number of anilines is 1. The van der Waals surface area contributed by atoms with E-state index < -0.39 is 6.10 Å². The summed E-state index contributed by atoms with van der Waals surface area (Å²) in [6.07, 6.45) is -0.102. The number of carbonyl (C=O) groups excluding carboxylic acids is 1. The molecule has 2 heterocycles. The molecule has 0 fully saturated rings. The van der Waals surface area contributed by atoms with Crippen LogP contribution in [0.1, 0.15) is 10.6 Å². The van der Waals surface area contributed by atoms with E-state index in [1.165, 1.54) is 11.3 Å². The number of para-hydroxylation sites is 2. The highest BCUT2D eigenvalue weighted by molar-refractivity contribution is 7.15. The molecule has 8 heteroatoms. The second-order valence-electron chi connectivity index (χ2n) is 5.66. The molecule has 0 unspecified atom stereocenters. The lowest BCUT2D eigenvalue weighted by Crippen LogP contribution is -2.40. The van der Waals surface area contributed by atoms with Gasteiger partial charge < -0.3 is 9.47 Å². The van der Waals surface area contributed by atoms with Gasteiger partial charge in [0.05, 0.1) is 0 Å². The van der Waals surface area contributed by atoms with Crippen molar-refractivity contribution in [2.24, 2.45) is 0 Å². The molecule has 1 amide bonds. The highest BCUT2D eigenvalue weighted by Crippen LogP contribution is 2.31. The SMILES string of the molecule is O=C(Nc1nnc(Cc2ccc(Cl)cc2)s1)[C@@H]1COc2ccccc2O1. The average molecular weight is 388 g/mol. The number of rotatable bonds is 4. The number of carbonyl (C=O) groups is 1. The van der Waals surface area contributed by atoms with Gasteiger partial charge in [-0.05, 0) is 29.8 Å². The van der Waals surface area contributed by atoms with Gasteiger partial charge in [-0.1, -0.05) is 47.2 Å².